The zero-order valence-electron chi connectivity index (χ0n) is 7.07. The van der Waals surface area contributed by atoms with Crippen molar-refractivity contribution < 1.29 is 18.0 Å². The second kappa shape index (κ2) is 3.27. The quantitative estimate of drug-likeness (QED) is 0.450. The molecule has 0 radical (unpaired) electrons. The number of alkyl halides is 3. The third-order valence-electron chi connectivity index (χ3n) is 1.31. The maximum absolute atomic E-state index is 12.1. The van der Waals surface area contributed by atoms with Gasteiger partial charge in [0.15, 0.2) is 6.04 Å². The van der Waals surface area contributed by atoms with E-state index in [9.17, 15) is 18.0 Å². The van der Waals surface area contributed by atoms with Crippen molar-refractivity contribution in [3.05, 3.63) is 0 Å². The van der Waals surface area contributed by atoms with Gasteiger partial charge in [-0.3, -0.25) is 0 Å². The Kier molecular flexibility index (Phi) is 3.04. The first-order chi connectivity index (χ1) is 5.19. The Hall–Kier alpha value is -0.830. The standard InChI is InChI=1S/C7H10F3NO/c1-6(2,3)5(11-4-12)7(8,9)10/h5H,1-3H3. The molecule has 2 nitrogen and oxygen atoms in total. The number of isocyanates is 1. The van der Waals surface area contributed by atoms with Crippen LogP contribution in [0.4, 0.5) is 13.2 Å². The number of hydrogen-bond acceptors (Lipinski definition) is 2. The highest BCUT2D eigenvalue weighted by Gasteiger charge is 2.47. The summed E-state index contributed by atoms with van der Waals surface area (Å²) in [5.74, 6) is 0. The first-order valence-corrected chi connectivity index (χ1v) is 3.33. The van der Waals surface area contributed by atoms with E-state index < -0.39 is 17.6 Å². The van der Waals surface area contributed by atoms with Crippen molar-refractivity contribution in [2.75, 3.05) is 0 Å². The smallest absolute Gasteiger partial charge is 0.211 e. The lowest BCUT2D eigenvalue weighted by molar-refractivity contribution is -0.167. The molecule has 0 aliphatic heterocycles. The number of halogens is 3. The Balaban J connectivity index is 4.81. The van der Waals surface area contributed by atoms with E-state index in [1.807, 2.05) is 0 Å². The molecule has 0 aromatic carbocycles. The van der Waals surface area contributed by atoms with Gasteiger partial charge in [0.1, 0.15) is 0 Å². The highest BCUT2D eigenvalue weighted by molar-refractivity contribution is 5.34. The van der Waals surface area contributed by atoms with Gasteiger partial charge in [0.05, 0.1) is 0 Å². The molecule has 0 aromatic heterocycles. The maximum atomic E-state index is 12.1. The van der Waals surface area contributed by atoms with Gasteiger partial charge in [-0.15, -0.1) is 0 Å². The normalized spacial score (nSPS) is 15.2. The van der Waals surface area contributed by atoms with Crippen molar-refractivity contribution in [1.29, 1.82) is 0 Å². The molecule has 12 heavy (non-hydrogen) atoms. The number of nitrogens with zero attached hydrogens (tertiary/aromatic N) is 1. The minimum absolute atomic E-state index is 0.936. The summed E-state index contributed by atoms with van der Waals surface area (Å²) in [6.45, 7) is 4.10. The van der Waals surface area contributed by atoms with Gasteiger partial charge in [-0.05, 0) is 5.41 Å². The van der Waals surface area contributed by atoms with E-state index in [2.05, 4.69) is 4.99 Å². The van der Waals surface area contributed by atoms with Crippen LogP contribution in [0, 0.1) is 5.41 Å². The van der Waals surface area contributed by atoms with Crippen LogP contribution < -0.4 is 0 Å². The van der Waals surface area contributed by atoms with Gasteiger partial charge in [0.25, 0.3) is 0 Å². The van der Waals surface area contributed by atoms with E-state index in [0.717, 1.165) is 6.08 Å². The van der Waals surface area contributed by atoms with Gasteiger partial charge >= 0.3 is 6.18 Å². The predicted octanol–water partition coefficient (Wildman–Crippen LogP) is 2.30. The average Bonchev–Trinajstić information content (AvgIpc) is 1.77. The fraction of sp³-hybridized carbons (Fsp3) is 0.857. The summed E-state index contributed by atoms with van der Waals surface area (Å²) in [6.07, 6.45) is -3.54. The van der Waals surface area contributed by atoms with Gasteiger partial charge in [0.2, 0.25) is 6.08 Å². The topological polar surface area (TPSA) is 29.4 Å². The minimum atomic E-state index is -4.48. The van der Waals surface area contributed by atoms with Crippen LogP contribution in [-0.4, -0.2) is 18.3 Å². The van der Waals surface area contributed by atoms with Crippen molar-refractivity contribution in [1.82, 2.24) is 0 Å². The van der Waals surface area contributed by atoms with Crippen LogP contribution in [0.15, 0.2) is 4.99 Å². The number of carbonyl (C=O) groups excluding carboxylic acids is 1. The van der Waals surface area contributed by atoms with Crippen molar-refractivity contribution in [2.45, 2.75) is 33.0 Å². The van der Waals surface area contributed by atoms with E-state index in [-0.39, 0.29) is 0 Å². The molecule has 0 aliphatic carbocycles. The van der Waals surface area contributed by atoms with Gasteiger partial charge in [0, 0.05) is 0 Å². The highest BCUT2D eigenvalue weighted by Crippen LogP contribution is 2.35. The van der Waals surface area contributed by atoms with Crippen LogP contribution in [0.3, 0.4) is 0 Å². The number of rotatable bonds is 1. The molecule has 5 heteroatoms. The van der Waals surface area contributed by atoms with Crippen LogP contribution in [0.5, 0.6) is 0 Å². The highest BCUT2D eigenvalue weighted by atomic mass is 19.4. The Morgan fingerprint density at radius 2 is 1.67 bits per heavy atom. The average molecular weight is 181 g/mol. The first-order valence-electron chi connectivity index (χ1n) is 3.33. The molecule has 0 amide bonds. The second-order valence-electron chi connectivity index (χ2n) is 3.53. The second-order valence-corrected chi connectivity index (χ2v) is 3.53. The van der Waals surface area contributed by atoms with Gasteiger partial charge in [-0.1, -0.05) is 20.8 Å². The van der Waals surface area contributed by atoms with Crippen LogP contribution in [-0.2, 0) is 4.79 Å². The Bertz CT molecular complexity index is 184. The van der Waals surface area contributed by atoms with Crippen LogP contribution in [0.2, 0.25) is 0 Å². The summed E-state index contributed by atoms with van der Waals surface area (Å²) in [5.41, 5.74) is -1.10. The van der Waals surface area contributed by atoms with E-state index in [1.54, 1.807) is 0 Å². The van der Waals surface area contributed by atoms with Crippen molar-refractivity contribution in [2.24, 2.45) is 10.4 Å². The third-order valence-corrected chi connectivity index (χ3v) is 1.31. The Morgan fingerprint density at radius 3 is 1.75 bits per heavy atom. The van der Waals surface area contributed by atoms with Gasteiger partial charge in [-0.2, -0.15) is 18.2 Å². The molecule has 1 unspecified atom stereocenters. The summed E-state index contributed by atoms with van der Waals surface area (Å²) in [4.78, 5) is 12.5. The van der Waals surface area contributed by atoms with Crippen molar-refractivity contribution in [3.8, 4) is 0 Å². The maximum Gasteiger partial charge on any atom is 0.412 e. The molecule has 0 N–H and O–H groups in total. The fourth-order valence-electron chi connectivity index (χ4n) is 0.811. The van der Waals surface area contributed by atoms with Crippen molar-refractivity contribution >= 4 is 6.08 Å². The van der Waals surface area contributed by atoms with Crippen LogP contribution in [0.1, 0.15) is 20.8 Å². The molecule has 0 fully saturated rings. The van der Waals surface area contributed by atoms with Gasteiger partial charge < -0.3 is 0 Å². The summed E-state index contributed by atoms with van der Waals surface area (Å²) in [6, 6.07) is -1.97. The molecule has 0 saturated carbocycles. The molecule has 0 rings (SSSR count). The molecule has 0 saturated heterocycles. The zero-order chi connectivity index (χ0) is 9.99. The summed E-state index contributed by atoms with van der Waals surface area (Å²) in [7, 11) is 0. The lowest BCUT2D eigenvalue weighted by Gasteiger charge is -2.27. The monoisotopic (exact) mass is 181 g/mol. The molecule has 1 atom stereocenters. The largest absolute Gasteiger partial charge is 0.412 e. The molecule has 0 aromatic rings. The predicted molar refractivity (Wildman–Crippen MR) is 37.4 cm³/mol. The first kappa shape index (κ1) is 11.2. The lowest BCUT2D eigenvalue weighted by atomic mass is 9.87. The molecular formula is C7H10F3NO. The molecule has 0 aliphatic rings. The molecule has 70 valence electrons. The summed E-state index contributed by atoms with van der Waals surface area (Å²) < 4.78 is 36.4. The third kappa shape index (κ3) is 3.05. The fourth-order valence-corrected chi connectivity index (χ4v) is 0.811. The van der Waals surface area contributed by atoms with E-state index in [1.165, 1.54) is 20.8 Å². The SMILES string of the molecule is CC(C)(C)C(N=C=O)C(F)(F)F. The number of hydrogen-bond donors (Lipinski definition) is 0. The lowest BCUT2D eigenvalue weighted by Crippen LogP contribution is -2.38. The molecular weight excluding hydrogens is 171 g/mol. The van der Waals surface area contributed by atoms with Gasteiger partial charge in [-0.25, -0.2) is 4.79 Å². The minimum Gasteiger partial charge on any atom is -0.211 e. The van der Waals surface area contributed by atoms with Crippen LogP contribution >= 0.6 is 0 Å². The van der Waals surface area contributed by atoms with Crippen LogP contribution in [0.25, 0.3) is 0 Å². The van der Waals surface area contributed by atoms with E-state index in [4.69, 9.17) is 0 Å². The van der Waals surface area contributed by atoms with E-state index >= 15 is 0 Å². The Morgan fingerprint density at radius 1 is 1.25 bits per heavy atom. The van der Waals surface area contributed by atoms with Crippen molar-refractivity contribution in [3.63, 3.8) is 0 Å². The summed E-state index contributed by atoms with van der Waals surface area (Å²) in [5, 5.41) is 0. The van der Waals surface area contributed by atoms with E-state index in [0.29, 0.717) is 0 Å². The molecule has 0 bridgehead atoms. The molecule has 0 spiro atoms. The zero-order valence-corrected chi connectivity index (χ0v) is 7.07. The Labute approximate surface area is 68.5 Å². The number of aliphatic imine (C=N–C) groups is 1. The summed E-state index contributed by atoms with van der Waals surface area (Å²) >= 11 is 0. The molecule has 0 heterocycles.